The molecule has 2 aromatic rings. The summed E-state index contributed by atoms with van der Waals surface area (Å²) in [5.41, 5.74) is 1.90. The topological polar surface area (TPSA) is 63.1 Å². The van der Waals surface area contributed by atoms with Gasteiger partial charge >= 0.3 is 5.97 Å². The van der Waals surface area contributed by atoms with E-state index in [1.54, 1.807) is 6.92 Å². The Morgan fingerprint density at radius 1 is 1.22 bits per heavy atom. The van der Waals surface area contributed by atoms with Crippen LogP contribution < -0.4 is 0 Å². The lowest BCUT2D eigenvalue weighted by Gasteiger charge is -2.04. The van der Waals surface area contributed by atoms with Gasteiger partial charge in [0.1, 0.15) is 5.82 Å². The number of carboxylic acid groups (broad SMARTS) is 1. The Labute approximate surface area is 105 Å². The van der Waals surface area contributed by atoms with Gasteiger partial charge in [-0.15, -0.1) is 0 Å². The summed E-state index contributed by atoms with van der Waals surface area (Å²) in [6, 6.07) is 10.1. The Bertz CT molecular complexity index is 553. The maximum atomic E-state index is 10.8. The molecular weight excluding hydrogens is 228 g/mol. The van der Waals surface area contributed by atoms with Crippen molar-refractivity contribution in [1.29, 1.82) is 0 Å². The predicted molar refractivity (Wildman–Crippen MR) is 67.6 cm³/mol. The molecule has 1 aromatic heterocycles. The van der Waals surface area contributed by atoms with Gasteiger partial charge in [0.15, 0.2) is 0 Å². The van der Waals surface area contributed by atoms with E-state index in [0.29, 0.717) is 17.9 Å². The van der Waals surface area contributed by atoms with Crippen LogP contribution in [-0.4, -0.2) is 21.0 Å². The number of aromatic nitrogens is 2. The number of hydrogen-bond donors (Lipinski definition) is 1. The Morgan fingerprint density at radius 2 is 1.94 bits per heavy atom. The number of carbonyl (C=O) groups is 1. The van der Waals surface area contributed by atoms with Crippen LogP contribution in [0.3, 0.4) is 0 Å². The highest BCUT2D eigenvalue weighted by Crippen LogP contribution is 2.07. The van der Waals surface area contributed by atoms with E-state index in [-0.39, 0.29) is 5.56 Å². The lowest BCUT2D eigenvalue weighted by atomic mass is 10.1. The summed E-state index contributed by atoms with van der Waals surface area (Å²) in [4.78, 5) is 19.1. The highest BCUT2D eigenvalue weighted by atomic mass is 16.4. The number of hydrogen-bond acceptors (Lipinski definition) is 3. The van der Waals surface area contributed by atoms with Gasteiger partial charge in [-0.3, -0.25) is 0 Å². The molecule has 4 nitrogen and oxygen atoms in total. The van der Waals surface area contributed by atoms with Crippen molar-refractivity contribution < 1.29 is 9.90 Å². The van der Waals surface area contributed by atoms with Gasteiger partial charge in [0.05, 0.1) is 11.3 Å². The summed E-state index contributed by atoms with van der Waals surface area (Å²) in [6.45, 7) is 1.69. The molecule has 0 atom stereocenters. The van der Waals surface area contributed by atoms with Gasteiger partial charge in [-0.25, -0.2) is 14.8 Å². The van der Waals surface area contributed by atoms with Gasteiger partial charge in [0.2, 0.25) is 0 Å². The van der Waals surface area contributed by atoms with Crippen molar-refractivity contribution in [1.82, 2.24) is 9.97 Å². The van der Waals surface area contributed by atoms with Gasteiger partial charge < -0.3 is 5.11 Å². The fourth-order valence-electron chi connectivity index (χ4n) is 1.75. The minimum absolute atomic E-state index is 0.165. The van der Waals surface area contributed by atoms with E-state index >= 15 is 0 Å². The Kier molecular flexibility index (Phi) is 3.67. The van der Waals surface area contributed by atoms with Crippen LogP contribution in [0, 0.1) is 6.92 Å². The number of rotatable bonds is 4. The average Bonchev–Trinajstić information content (AvgIpc) is 2.37. The van der Waals surface area contributed by atoms with Crippen molar-refractivity contribution in [2.45, 2.75) is 19.8 Å². The summed E-state index contributed by atoms with van der Waals surface area (Å²) in [6.07, 6.45) is 2.95. The lowest BCUT2D eigenvalue weighted by molar-refractivity contribution is 0.0695. The molecule has 0 bridgehead atoms. The molecule has 92 valence electrons. The number of aromatic carboxylic acids is 1. The predicted octanol–water partition coefficient (Wildman–Crippen LogP) is 2.27. The van der Waals surface area contributed by atoms with Gasteiger partial charge in [-0.2, -0.15) is 0 Å². The molecule has 0 amide bonds. The third-order valence-corrected chi connectivity index (χ3v) is 2.74. The summed E-state index contributed by atoms with van der Waals surface area (Å²) in [5, 5.41) is 8.88. The average molecular weight is 242 g/mol. The van der Waals surface area contributed by atoms with Crippen molar-refractivity contribution in [2.24, 2.45) is 0 Å². The minimum Gasteiger partial charge on any atom is -0.478 e. The second-order valence-corrected chi connectivity index (χ2v) is 4.08. The summed E-state index contributed by atoms with van der Waals surface area (Å²) < 4.78 is 0. The van der Waals surface area contributed by atoms with Gasteiger partial charge in [-0.05, 0) is 18.9 Å². The van der Waals surface area contributed by atoms with Crippen molar-refractivity contribution in [3.63, 3.8) is 0 Å². The van der Waals surface area contributed by atoms with Crippen LogP contribution in [0.2, 0.25) is 0 Å². The van der Waals surface area contributed by atoms with Crippen molar-refractivity contribution >= 4 is 5.97 Å². The zero-order valence-corrected chi connectivity index (χ0v) is 10.1. The van der Waals surface area contributed by atoms with E-state index in [2.05, 4.69) is 22.1 Å². The number of aryl methyl sites for hydroxylation is 3. The van der Waals surface area contributed by atoms with Crippen molar-refractivity contribution in [3.8, 4) is 0 Å². The summed E-state index contributed by atoms with van der Waals surface area (Å²) >= 11 is 0. The molecule has 1 N–H and O–H groups in total. The molecule has 0 unspecified atom stereocenters. The Hall–Kier alpha value is -2.23. The van der Waals surface area contributed by atoms with Gasteiger partial charge in [0, 0.05) is 12.6 Å². The van der Waals surface area contributed by atoms with E-state index in [9.17, 15) is 4.79 Å². The SMILES string of the molecule is Cc1nc(CCc2ccccc2)ncc1C(=O)O. The summed E-state index contributed by atoms with van der Waals surface area (Å²) in [7, 11) is 0. The second-order valence-electron chi connectivity index (χ2n) is 4.08. The van der Waals surface area contributed by atoms with Crippen LogP contribution in [0.4, 0.5) is 0 Å². The van der Waals surface area contributed by atoms with Crippen LogP contribution in [0.15, 0.2) is 36.5 Å². The molecule has 1 aromatic carbocycles. The number of carboxylic acids is 1. The second kappa shape index (κ2) is 5.40. The molecule has 0 fully saturated rings. The molecule has 0 saturated carbocycles. The standard InChI is InChI=1S/C14H14N2O2/c1-10-12(14(17)18)9-15-13(16-10)8-7-11-5-3-2-4-6-11/h2-6,9H,7-8H2,1H3,(H,17,18). The van der Waals surface area contributed by atoms with E-state index in [1.165, 1.54) is 11.8 Å². The monoisotopic (exact) mass is 242 g/mol. The van der Waals surface area contributed by atoms with Gasteiger partial charge in [0.25, 0.3) is 0 Å². The molecular formula is C14H14N2O2. The first-order valence-corrected chi connectivity index (χ1v) is 5.76. The third-order valence-electron chi connectivity index (χ3n) is 2.74. The van der Waals surface area contributed by atoms with Crippen LogP contribution in [-0.2, 0) is 12.8 Å². The Balaban J connectivity index is 2.07. The quantitative estimate of drug-likeness (QED) is 0.893. The normalized spacial score (nSPS) is 10.3. The number of nitrogens with zero attached hydrogens (tertiary/aromatic N) is 2. The van der Waals surface area contributed by atoms with E-state index in [0.717, 1.165) is 6.42 Å². The van der Waals surface area contributed by atoms with Crippen molar-refractivity contribution in [2.75, 3.05) is 0 Å². The molecule has 0 saturated heterocycles. The molecule has 0 aliphatic heterocycles. The smallest absolute Gasteiger partial charge is 0.339 e. The molecule has 0 aliphatic rings. The van der Waals surface area contributed by atoms with Crippen LogP contribution in [0.5, 0.6) is 0 Å². The lowest BCUT2D eigenvalue weighted by Crippen LogP contribution is -2.07. The van der Waals surface area contributed by atoms with Crippen LogP contribution in [0.1, 0.15) is 27.4 Å². The first-order chi connectivity index (χ1) is 8.66. The van der Waals surface area contributed by atoms with Crippen LogP contribution >= 0.6 is 0 Å². The highest BCUT2D eigenvalue weighted by molar-refractivity contribution is 5.88. The van der Waals surface area contributed by atoms with Crippen LogP contribution in [0.25, 0.3) is 0 Å². The maximum Gasteiger partial charge on any atom is 0.339 e. The number of benzene rings is 1. The molecule has 0 radical (unpaired) electrons. The first-order valence-electron chi connectivity index (χ1n) is 5.76. The fourth-order valence-corrected chi connectivity index (χ4v) is 1.75. The molecule has 4 heteroatoms. The third kappa shape index (κ3) is 2.91. The summed E-state index contributed by atoms with van der Waals surface area (Å²) in [5.74, 6) is -0.302. The molecule has 18 heavy (non-hydrogen) atoms. The van der Waals surface area contributed by atoms with E-state index < -0.39 is 5.97 Å². The first kappa shape index (κ1) is 12.2. The van der Waals surface area contributed by atoms with Gasteiger partial charge in [-0.1, -0.05) is 30.3 Å². The van der Waals surface area contributed by atoms with E-state index in [1.807, 2.05) is 18.2 Å². The largest absolute Gasteiger partial charge is 0.478 e. The minimum atomic E-state index is -0.984. The molecule has 0 aliphatic carbocycles. The van der Waals surface area contributed by atoms with E-state index in [4.69, 9.17) is 5.11 Å². The molecule has 1 heterocycles. The Morgan fingerprint density at radius 3 is 2.56 bits per heavy atom. The fraction of sp³-hybridized carbons (Fsp3) is 0.214. The van der Waals surface area contributed by atoms with Crippen molar-refractivity contribution in [3.05, 3.63) is 59.2 Å². The zero-order chi connectivity index (χ0) is 13.0. The molecule has 2 rings (SSSR count). The maximum absolute atomic E-state index is 10.8. The highest BCUT2D eigenvalue weighted by Gasteiger charge is 2.09. The zero-order valence-electron chi connectivity index (χ0n) is 10.1. The molecule has 0 spiro atoms.